The van der Waals surface area contributed by atoms with E-state index in [1.165, 1.54) is 0 Å². The molecule has 0 aliphatic carbocycles. The molecule has 2 rings (SSSR count). The van der Waals surface area contributed by atoms with Crippen LogP contribution in [0.15, 0.2) is 48.5 Å². The Morgan fingerprint density at radius 3 is 2.38 bits per heavy atom. The third kappa shape index (κ3) is 6.76. The Labute approximate surface area is 158 Å². The molecule has 0 heterocycles. The maximum atomic E-state index is 12.0. The second-order valence-corrected chi connectivity index (χ2v) is 6.16. The Morgan fingerprint density at radius 1 is 1.04 bits per heavy atom. The Balaban J connectivity index is 1.77. The van der Waals surface area contributed by atoms with Crippen LogP contribution in [-0.2, 0) is 16.1 Å². The van der Waals surface area contributed by atoms with Crippen molar-refractivity contribution in [1.29, 1.82) is 0 Å². The molecular weight excluding hydrogens is 354 g/mol. The van der Waals surface area contributed by atoms with E-state index in [2.05, 4.69) is 5.32 Å². The second-order valence-electron chi connectivity index (χ2n) is 5.72. The minimum absolute atomic E-state index is 0.274. The lowest BCUT2D eigenvalue weighted by molar-refractivity contribution is -0.124. The molecule has 0 fully saturated rings. The maximum absolute atomic E-state index is 12.0. The largest absolute Gasteiger partial charge is 0.489 e. The summed E-state index contributed by atoms with van der Waals surface area (Å²) >= 11 is 5.83. The van der Waals surface area contributed by atoms with Gasteiger partial charge in [-0.3, -0.25) is 4.79 Å². The fourth-order valence-corrected chi connectivity index (χ4v) is 2.23. The third-order valence-corrected chi connectivity index (χ3v) is 3.85. The van der Waals surface area contributed by atoms with E-state index in [-0.39, 0.29) is 12.5 Å². The number of ether oxygens (including phenoxy) is 2. The smallest absolute Gasteiger partial charge is 0.338 e. The first-order chi connectivity index (χ1) is 12.6. The van der Waals surface area contributed by atoms with E-state index in [1.807, 2.05) is 6.92 Å². The van der Waals surface area contributed by atoms with Crippen LogP contribution < -0.4 is 10.1 Å². The van der Waals surface area contributed by atoms with Gasteiger partial charge in [-0.05, 0) is 48.4 Å². The molecule has 138 valence electrons. The van der Waals surface area contributed by atoms with Gasteiger partial charge in [0.15, 0.2) is 6.61 Å². The topological polar surface area (TPSA) is 64.6 Å². The molecule has 0 aliphatic rings. The van der Waals surface area contributed by atoms with E-state index in [1.54, 1.807) is 48.5 Å². The minimum atomic E-state index is -0.527. The molecule has 1 amide bonds. The van der Waals surface area contributed by atoms with Crippen molar-refractivity contribution in [2.75, 3.05) is 13.2 Å². The number of unbranched alkanes of at least 4 members (excludes halogenated alkanes) is 1. The van der Waals surface area contributed by atoms with Crippen LogP contribution in [0.2, 0.25) is 5.02 Å². The van der Waals surface area contributed by atoms with E-state index in [0.717, 1.165) is 18.4 Å². The lowest BCUT2D eigenvalue weighted by atomic mass is 10.1. The molecule has 0 spiro atoms. The van der Waals surface area contributed by atoms with Gasteiger partial charge in [0.1, 0.15) is 12.4 Å². The standard InChI is InChI=1S/C20H22ClNO4/c1-2-3-12-22-19(23)14-26-20(24)16-6-4-15(5-7-16)13-25-18-10-8-17(21)9-11-18/h4-11H,2-3,12-14H2,1H3,(H,22,23). The number of hydrogen-bond donors (Lipinski definition) is 1. The highest BCUT2D eigenvalue weighted by atomic mass is 35.5. The molecule has 2 aromatic carbocycles. The predicted octanol–water partition coefficient (Wildman–Crippen LogP) is 3.99. The van der Waals surface area contributed by atoms with Gasteiger partial charge in [0, 0.05) is 11.6 Å². The number of carbonyl (C=O) groups is 2. The molecule has 5 nitrogen and oxygen atoms in total. The third-order valence-electron chi connectivity index (χ3n) is 3.60. The Bertz CT molecular complexity index is 714. The highest BCUT2D eigenvalue weighted by molar-refractivity contribution is 6.30. The molecular formula is C20H22ClNO4. The molecule has 6 heteroatoms. The average Bonchev–Trinajstić information content (AvgIpc) is 2.66. The first kappa shape index (κ1) is 19.8. The van der Waals surface area contributed by atoms with Crippen molar-refractivity contribution in [3.8, 4) is 5.75 Å². The van der Waals surface area contributed by atoms with Crippen molar-refractivity contribution >= 4 is 23.5 Å². The number of hydrogen-bond acceptors (Lipinski definition) is 4. The van der Waals surface area contributed by atoms with Gasteiger partial charge in [-0.2, -0.15) is 0 Å². The van der Waals surface area contributed by atoms with E-state index in [0.29, 0.717) is 29.5 Å². The Morgan fingerprint density at radius 2 is 1.73 bits per heavy atom. The maximum Gasteiger partial charge on any atom is 0.338 e. The van der Waals surface area contributed by atoms with E-state index >= 15 is 0 Å². The van der Waals surface area contributed by atoms with Crippen molar-refractivity contribution in [3.63, 3.8) is 0 Å². The monoisotopic (exact) mass is 375 g/mol. The molecule has 2 aromatic rings. The van der Waals surface area contributed by atoms with Crippen LogP contribution in [0.4, 0.5) is 0 Å². The van der Waals surface area contributed by atoms with Crippen LogP contribution in [0, 0.1) is 0 Å². The van der Waals surface area contributed by atoms with Crippen LogP contribution in [0.1, 0.15) is 35.7 Å². The van der Waals surface area contributed by atoms with E-state index in [4.69, 9.17) is 21.1 Å². The van der Waals surface area contributed by atoms with Crippen molar-refractivity contribution in [2.45, 2.75) is 26.4 Å². The molecule has 0 aromatic heterocycles. The van der Waals surface area contributed by atoms with E-state index < -0.39 is 5.97 Å². The number of benzene rings is 2. The summed E-state index contributed by atoms with van der Waals surface area (Å²) in [7, 11) is 0. The summed E-state index contributed by atoms with van der Waals surface area (Å²) in [6, 6.07) is 14.0. The van der Waals surface area contributed by atoms with Crippen LogP contribution in [0.25, 0.3) is 0 Å². The molecule has 0 atom stereocenters. The van der Waals surface area contributed by atoms with Gasteiger partial charge in [-0.25, -0.2) is 4.79 Å². The van der Waals surface area contributed by atoms with Crippen molar-refractivity contribution < 1.29 is 19.1 Å². The zero-order valence-electron chi connectivity index (χ0n) is 14.7. The van der Waals surface area contributed by atoms with Gasteiger partial charge >= 0.3 is 5.97 Å². The summed E-state index contributed by atoms with van der Waals surface area (Å²) in [5.74, 6) is -0.104. The summed E-state index contributed by atoms with van der Waals surface area (Å²) in [4.78, 5) is 23.5. The normalized spacial score (nSPS) is 10.2. The summed E-state index contributed by atoms with van der Waals surface area (Å²) < 4.78 is 10.7. The van der Waals surface area contributed by atoms with Crippen molar-refractivity contribution in [3.05, 3.63) is 64.7 Å². The van der Waals surface area contributed by atoms with Crippen LogP contribution in [0.5, 0.6) is 5.75 Å². The fraction of sp³-hybridized carbons (Fsp3) is 0.300. The number of amides is 1. The second kappa shape index (κ2) is 10.5. The van der Waals surface area contributed by atoms with Gasteiger partial charge in [0.05, 0.1) is 5.56 Å². The van der Waals surface area contributed by atoms with Gasteiger partial charge in [-0.1, -0.05) is 37.1 Å². The molecule has 1 N–H and O–H groups in total. The quantitative estimate of drug-likeness (QED) is 0.531. The van der Waals surface area contributed by atoms with Crippen LogP contribution in [-0.4, -0.2) is 25.0 Å². The predicted molar refractivity (Wildman–Crippen MR) is 100 cm³/mol. The molecule has 0 unspecified atom stereocenters. The van der Waals surface area contributed by atoms with Crippen LogP contribution >= 0.6 is 11.6 Å². The molecule has 0 saturated heterocycles. The van der Waals surface area contributed by atoms with E-state index in [9.17, 15) is 9.59 Å². The van der Waals surface area contributed by atoms with Crippen molar-refractivity contribution in [1.82, 2.24) is 5.32 Å². The Kier molecular flexibility index (Phi) is 7.96. The van der Waals surface area contributed by atoms with Gasteiger partial charge in [0.2, 0.25) is 0 Å². The number of rotatable bonds is 9. The highest BCUT2D eigenvalue weighted by Crippen LogP contribution is 2.17. The molecule has 0 bridgehead atoms. The van der Waals surface area contributed by atoms with Crippen LogP contribution in [0.3, 0.4) is 0 Å². The molecule has 0 aliphatic heterocycles. The number of carbonyl (C=O) groups excluding carboxylic acids is 2. The summed E-state index contributed by atoms with van der Waals surface area (Å²) in [5, 5.41) is 3.35. The molecule has 26 heavy (non-hydrogen) atoms. The number of esters is 1. The number of halogens is 1. The lowest BCUT2D eigenvalue weighted by Crippen LogP contribution is -2.29. The number of nitrogens with one attached hydrogen (secondary N) is 1. The minimum Gasteiger partial charge on any atom is -0.489 e. The zero-order valence-corrected chi connectivity index (χ0v) is 15.4. The summed E-state index contributed by atoms with van der Waals surface area (Å²) in [6.45, 7) is 2.73. The van der Waals surface area contributed by atoms with Gasteiger partial charge in [0.25, 0.3) is 5.91 Å². The van der Waals surface area contributed by atoms with Gasteiger partial charge in [-0.15, -0.1) is 0 Å². The summed E-state index contributed by atoms with van der Waals surface area (Å²) in [6.07, 6.45) is 1.90. The fourth-order valence-electron chi connectivity index (χ4n) is 2.10. The molecule has 0 radical (unpaired) electrons. The van der Waals surface area contributed by atoms with Crippen molar-refractivity contribution in [2.24, 2.45) is 0 Å². The zero-order chi connectivity index (χ0) is 18.8. The Hall–Kier alpha value is -2.53. The lowest BCUT2D eigenvalue weighted by Gasteiger charge is -2.08. The SMILES string of the molecule is CCCCNC(=O)COC(=O)c1ccc(COc2ccc(Cl)cc2)cc1. The average molecular weight is 376 g/mol. The molecule has 0 saturated carbocycles. The first-order valence-electron chi connectivity index (χ1n) is 8.49. The highest BCUT2D eigenvalue weighted by Gasteiger charge is 2.10. The van der Waals surface area contributed by atoms with Gasteiger partial charge < -0.3 is 14.8 Å². The summed E-state index contributed by atoms with van der Waals surface area (Å²) in [5.41, 5.74) is 1.30. The first-order valence-corrected chi connectivity index (χ1v) is 8.87.